The van der Waals surface area contributed by atoms with Crippen LogP contribution in [0.25, 0.3) is 0 Å². The molecule has 1 fully saturated rings. The number of carbonyl (C=O) groups excluding carboxylic acids is 1. The molecule has 0 saturated carbocycles. The zero-order valence-corrected chi connectivity index (χ0v) is 14.8. The van der Waals surface area contributed by atoms with Crippen molar-refractivity contribution in [2.45, 2.75) is 32.0 Å². The second-order valence-electron chi connectivity index (χ2n) is 6.38. The number of aliphatic carboxylic acids is 1. The van der Waals surface area contributed by atoms with Gasteiger partial charge in [0, 0.05) is 24.2 Å². The van der Waals surface area contributed by atoms with Crippen LogP contribution < -0.4 is 5.32 Å². The third kappa shape index (κ3) is 5.03. The number of likely N-dealkylation sites (tertiary alicyclic amines) is 1. The van der Waals surface area contributed by atoms with E-state index in [9.17, 15) is 22.8 Å². The average molecular weight is 393 g/mol. The molecule has 0 aromatic heterocycles. The fourth-order valence-corrected chi connectivity index (χ4v) is 3.15. The number of urea groups is 1. The van der Waals surface area contributed by atoms with E-state index in [1.54, 1.807) is 12.1 Å². The van der Waals surface area contributed by atoms with Crippen molar-refractivity contribution in [3.8, 4) is 0 Å². The van der Waals surface area contributed by atoms with E-state index >= 15 is 0 Å². The Morgan fingerprint density at radius 1 is 1.31 bits per heavy atom. The van der Waals surface area contributed by atoms with E-state index in [2.05, 4.69) is 5.32 Å². The predicted octanol–water partition coefficient (Wildman–Crippen LogP) is 3.57. The summed E-state index contributed by atoms with van der Waals surface area (Å²) < 4.78 is 39.1. The van der Waals surface area contributed by atoms with Crippen LogP contribution in [0, 0.1) is 11.8 Å². The van der Waals surface area contributed by atoms with Crippen molar-refractivity contribution >= 4 is 23.6 Å². The normalized spacial score (nSPS) is 21.5. The first kappa shape index (κ1) is 20.4. The minimum absolute atomic E-state index is 0.281. The molecular formula is C17H20ClF3N2O3. The summed E-state index contributed by atoms with van der Waals surface area (Å²) in [5, 5.41) is 12.3. The number of hydrogen-bond acceptors (Lipinski definition) is 2. The van der Waals surface area contributed by atoms with Gasteiger partial charge in [0.05, 0.1) is 11.8 Å². The largest absolute Gasteiger partial charge is 0.481 e. The van der Waals surface area contributed by atoms with Crippen LogP contribution in [0.1, 0.15) is 18.9 Å². The maximum absolute atomic E-state index is 13.0. The molecule has 1 aromatic rings. The van der Waals surface area contributed by atoms with Crippen molar-refractivity contribution in [3.63, 3.8) is 0 Å². The first-order chi connectivity index (χ1) is 12.1. The standard InChI is InChI=1S/C17H20ClF3N2O3/c1-2-12(7-10-3-5-11(18)6-4-10)22-16(26)23-8-13(15(24)25)14(9-23)17(19,20)21/h3-6,12-14H,2,7-9H2,1H3,(H,22,26)(H,24,25)/t12?,13-,14-/m1/s1. The second kappa shape index (κ2) is 8.16. The van der Waals surface area contributed by atoms with Crippen molar-refractivity contribution in [3.05, 3.63) is 34.9 Å². The van der Waals surface area contributed by atoms with E-state index in [1.165, 1.54) is 0 Å². The highest BCUT2D eigenvalue weighted by Gasteiger charge is 2.53. The van der Waals surface area contributed by atoms with Crippen LogP contribution in [0.2, 0.25) is 5.02 Å². The Balaban J connectivity index is 2.01. The number of benzene rings is 1. The number of nitrogens with zero attached hydrogens (tertiary/aromatic N) is 1. The van der Waals surface area contributed by atoms with Crippen molar-refractivity contribution in [2.24, 2.45) is 11.8 Å². The number of amides is 2. The van der Waals surface area contributed by atoms with Crippen LogP contribution in [0.5, 0.6) is 0 Å². The van der Waals surface area contributed by atoms with Gasteiger partial charge in [-0.25, -0.2) is 4.79 Å². The highest BCUT2D eigenvalue weighted by atomic mass is 35.5. The predicted molar refractivity (Wildman–Crippen MR) is 90.0 cm³/mol. The molecular weight excluding hydrogens is 373 g/mol. The monoisotopic (exact) mass is 392 g/mol. The van der Waals surface area contributed by atoms with Gasteiger partial charge in [-0.3, -0.25) is 4.79 Å². The van der Waals surface area contributed by atoms with Gasteiger partial charge < -0.3 is 15.3 Å². The van der Waals surface area contributed by atoms with Gasteiger partial charge in [0.25, 0.3) is 0 Å². The van der Waals surface area contributed by atoms with E-state index in [1.807, 2.05) is 19.1 Å². The first-order valence-electron chi connectivity index (χ1n) is 8.21. The van der Waals surface area contributed by atoms with Crippen molar-refractivity contribution in [2.75, 3.05) is 13.1 Å². The Morgan fingerprint density at radius 2 is 1.92 bits per heavy atom. The molecule has 0 aliphatic carbocycles. The zero-order chi connectivity index (χ0) is 19.5. The first-order valence-corrected chi connectivity index (χ1v) is 8.59. The van der Waals surface area contributed by atoms with Crippen molar-refractivity contribution in [1.29, 1.82) is 0 Å². The molecule has 5 nitrogen and oxygen atoms in total. The number of alkyl halides is 3. The van der Waals surface area contributed by atoms with Gasteiger partial charge in [-0.2, -0.15) is 13.2 Å². The minimum atomic E-state index is -4.66. The Labute approximate surface area is 154 Å². The SMILES string of the molecule is CCC(Cc1ccc(Cl)cc1)NC(=O)N1C[C@@H](C(F)(F)F)[C@H](C(=O)O)C1. The summed E-state index contributed by atoms with van der Waals surface area (Å²) in [5.74, 6) is -5.24. The van der Waals surface area contributed by atoms with Gasteiger partial charge in [0.15, 0.2) is 0 Å². The number of carboxylic acids is 1. The van der Waals surface area contributed by atoms with E-state index in [0.29, 0.717) is 17.9 Å². The Bertz CT molecular complexity index is 652. The van der Waals surface area contributed by atoms with Gasteiger partial charge in [0.2, 0.25) is 0 Å². The molecule has 0 radical (unpaired) electrons. The number of hydrogen-bond donors (Lipinski definition) is 2. The lowest BCUT2D eigenvalue weighted by Gasteiger charge is -2.23. The number of nitrogens with one attached hydrogen (secondary N) is 1. The molecule has 144 valence electrons. The van der Waals surface area contributed by atoms with E-state index in [-0.39, 0.29) is 6.04 Å². The molecule has 2 amide bonds. The summed E-state index contributed by atoms with van der Waals surface area (Å²) in [5.41, 5.74) is 0.930. The van der Waals surface area contributed by atoms with Gasteiger partial charge in [-0.15, -0.1) is 0 Å². The minimum Gasteiger partial charge on any atom is -0.481 e. The Kier molecular flexibility index (Phi) is 6.39. The van der Waals surface area contributed by atoms with E-state index in [0.717, 1.165) is 10.5 Å². The molecule has 1 saturated heterocycles. The lowest BCUT2D eigenvalue weighted by molar-refractivity contribution is -0.187. The van der Waals surface area contributed by atoms with E-state index < -0.39 is 43.1 Å². The topological polar surface area (TPSA) is 69.6 Å². The van der Waals surface area contributed by atoms with Crippen LogP contribution >= 0.6 is 11.6 Å². The zero-order valence-electron chi connectivity index (χ0n) is 14.1. The van der Waals surface area contributed by atoms with Crippen molar-refractivity contribution < 1.29 is 27.9 Å². The molecule has 2 N–H and O–H groups in total. The molecule has 1 unspecified atom stereocenters. The number of carbonyl (C=O) groups is 2. The molecule has 1 aromatic carbocycles. The lowest BCUT2D eigenvalue weighted by atomic mass is 9.96. The Hall–Kier alpha value is -1.96. The van der Waals surface area contributed by atoms with Gasteiger partial charge in [-0.1, -0.05) is 30.7 Å². The van der Waals surface area contributed by atoms with Crippen LogP contribution in [-0.4, -0.2) is 47.3 Å². The quantitative estimate of drug-likeness (QED) is 0.805. The summed E-state index contributed by atoms with van der Waals surface area (Å²) in [7, 11) is 0. The Morgan fingerprint density at radius 3 is 2.38 bits per heavy atom. The summed E-state index contributed by atoms with van der Waals surface area (Å²) in [6.45, 7) is 0.746. The molecule has 0 spiro atoms. The molecule has 2 rings (SSSR count). The van der Waals surface area contributed by atoms with Gasteiger partial charge in [-0.05, 0) is 30.5 Å². The number of rotatable bonds is 5. The fraction of sp³-hybridized carbons (Fsp3) is 0.529. The fourth-order valence-electron chi connectivity index (χ4n) is 3.02. The molecule has 26 heavy (non-hydrogen) atoms. The summed E-state index contributed by atoms with van der Waals surface area (Å²) in [6.07, 6.45) is -3.59. The third-order valence-corrected chi connectivity index (χ3v) is 4.81. The van der Waals surface area contributed by atoms with Gasteiger partial charge in [0.1, 0.15) is 0 Å². The molecule has 1 aliphatic heterocycles. The number of carboxylic acid groups (broad SMARTS) is 1. The van der Waals surface area contributed by atoms with Crippen LogP contribution in [0.3, 0.4) is 0 Å². The lowest BCUT2D eigenvalue weighted by Crippen LogP contribution is -2.45. The maximum atomic E-state index is 13.0. The molecule has 1 aliphatic rings. The molecule has 0 bridgehead atoms. The van der Waals surface area contributed by atoms with Crippen LogP contribution in [-0.2, 0) is 11.2 Å². The number of halogens is 4. The van der Waals surface area contributed by atoms with E-state index in [4.69, 9.17) is 16.7 Å². The molecule has 1 heterocycles. The third-order valence-electron chi connectivity index (χ3n) is 4.56. The van der Waals surface area contributed by atoms with Gasteiger partial charge >= 0.3 is 18.2 Å². The summed E-state index contributed by atoms with van der Waals surface area (Å²) in [4.78, 5) is 24.4. The highest BCUT2D eigenvalue weighted by molar-refractivity contribution is 6.30. The van der Waals surface area contributed by atoms with Crippen molar-refractivity contribution in [1.82, 2.24) is 10.2 Å². The highest BCUT2D eigenvalue weighted by Crippen LogP contribution is 2.37. The van der Waals surface area contributed by atoms with Crippen LogP contribution in [0.4, 0.5) is 18.0 Å². The molecule has 9 heteroatoms. The second-order valence-corrected chi connectivity index (χ2v) is 6.82. The summed E-state index contributed by atoms with van der Waals surface area (Å²) >= 11 is 5.83. The smallest absolute Gasteiger partial charge is 0.394 e. The maximum Gasteiger partial charge on any atom is 0.394 e. The molecule has 3 atom stereocenters. The average Bonchev–Trinajstić information content (AvgIpc) is 3.02. The van der Waals surface area contributed by atoms with Crippen LogP contribution in [0.15, 0.2) is 24.3 Å². The summed E-state index contributed by atoms with van der Waals surface area (Å²) in [6, 6.07) is 6.11.